The van der Waals surface area contributed by atoms with Crippen molar-refractivity contribution in [3.05, 3.63) is 71.3 Å². The van der Waals surface area contributed by atoms with Crippen molar-refractivity contribution in [3.8, 4) is 5.75 Å². The molecule has 28 heavy (non-hydrogen) atoms. The molecule has 3 heteroatoms. The van der Waals surface area contributed by atoms with E-state index in [2.05, 4.69) is 59.5 Å². The quantitative estimate of drug-likeness (QED) is 0.658. The van der Waals surface area contributed by atoms with Gasteiger partial charge in [-0.05, 0) is 67.0 Å². The summed E-state index contributed by atoms with van der Waals surface area (Å²) in [5, 5.41) is 10.1. The first-order valence-corrected chi connectivity index (χ1v) is 10.5. The number of fused-ring (bicyclic) bond motifs is 1. The van der Waals surface area contributed by atoms with Crippen LogP contribution in [-0.2, 0) is 11.8 Å². The Bertz CT molecular complexity index is 849. The maximum atomic E-state index is 10.1. The number of aromatic hydroxyl groups is 1. The summed E-state index contributed by atoms with van der Waals surface area (Å²) in [6.45, 7) is 2.22. The third-order valence-corrected chi connectivity index (χ3v) is 7.39. The first kappa shape index (κ1) is 19.7. The average molecular weight is 440 g/mol. The molecular weight excluding hydrogens is 410 g/mol. The van der Waals surface area contributed by atoms with Gasteiger partial charge in [-0.15, -0.1) is 17.0 Å². The molecule has 1 heterocycles. The molecule has 1 aliphatic heterocycles. The highest BCUT2D eigenvalue weighted by molar-refractivity contribution is 8.93. The normalized spacial score (nSPS) is 29.0. The van der Waals surface area contributed by atoms with E-state index in [1.807, 2.05) is 6.07 Å². The van der Waals surface area contributed by atoms with Gasteiger partial charge in [0.1, 0.15) is 5.75 Å². The monoisotopic (exact) mass is 439 g/mol. The fourth-order valence-electron chi connectivity index (χ4n) is 6.19. The lowest BCUT2D eigenvalue weighted by molar-refractivity contribution is -0.00513. The highest BCUT2D eigenvalue weighted by Gasteiger charge is 2.53. The summed E-state index contributed by atoms with van der Waals surface area (Å²) in [4.78, 5) is 2.73. The standard InChI is InChI=1S/C25H29NO.BrH/c27-21-12-11-20-17-24-22-10-4-5-13-25(22,23(20)18-21)14-16-26(24)15-6-9-19-7-2-1-3-8-19;/h1-3,6-9,11-12,18,22,24,27H,4-5,10,13-17H2;1H/b9-6+;/t22-,24+,25+;/m0./s1. The molecule has 3 aliphatic rings. The lowest BCUT2D eigenvalue weighted by Crippen LogP contribution is -2.60. The van der Waals surface area contributed by atoms with Gasteiger partial charge in [0.2, 0.25) is 0 Å². The Balaban J connectivity index is 0.00000192. The second-order valence-corrected chi connectivity index (χ2v) is 8.68. The minimum Gasteiger partial charge on any atom is -0.508 e. The van der Waals surface area contributed by atoms with Crippen LogP contribution < -0.4 is 0 Å². The molecule has 2 aliphatic carbocycles. The van der Waals surface area contributed by atoms with Gasteiger partial charge in [0, 0.05) is 18.0 Å². The topological polar surface area (TPSA) is 23.5 Å². The zero-order chi connectivity index (χ0) is 18.3. The van der Waals surface area contributed by atoms with Crippen molar-refractivity contribution >= 4 is 23.1 Å². The predicted molar refractivity (Wildman–Crippen MR) is 121 cm³/mol. The van der Waals surface area contributed by atoms with Crippen LogP contribution in [0.3, 0.4) is 0 Å². The average Bonchev–Trinajstić information content (AvgIpc) is 2.71. The van der Waals surface area contributed by atoms with E-state index >= 15 is 0 Å². The number of benzene rings is 2. The summed E-state index contributed by atoms with van der Waals surface area (Å²) < 4.78 is 0. The van der Waals surface area contributed by atoms with E-state index in [-0.39, 0.29) is 17.0 Å². The van der Waals surface area contributed by atoms with Gasteiger partial charge in [-0.3, -0.25) is 4.90 Å². The Morgan fingerprint density at radius 1 is 1.07 bits per heavy atom. The van der Waals surface area contributed by atoms with Gasteiger partial charge in [0.25, 0.3) is 0 Å². The van der Waals surface area contributed by atoms with E-state index in [0.717, 1.165) is 18.9 Å². The number of hydrogen-bond donors (Lipinski definition) is 1. The van der Waals surface area contributed by atoms with Crippen LogP contribution >= 0.6 is 17.0 Å². The first-order valence-electron chi connectivity index (χ1n) is 10.5. The number of hydrogen-bond acceptors (Lipinski definition) is 2. The van der Waals surface area contributed by atoms with E-state index < -0.39 is 0 Å². The third kappa shape index (κ3) is 3.33. The lowest BCUT2D eigenvalue weighted by Gasteiger charge is -2.59. The number of nitrogens with zero attached hydrogens (tertiary/aromatic N) is 1. The van der Waals surface area contributed by atoms with Crippen molar-refractivity contribution in [1.29, 1.82) is 0 Å². The van der Waals surface area contributed by atoms with E-state index in [4.69, 9.17) is 0 Å². The molecule has 2 aromatic carbocycles. The molecule has 0 aromatic heterocycles. The SMILES string of the molecule is Br.Oc1ccc2c(c1)[C@@]13CCCC[C@H]1[C@@H](C2)N(C/C=C/c1ccccc1)CC3. The summed E-state index contributed by atoms with van der Waals surface area (Å²) in [6.07, 6.45) is 12.3. The number of piperidine rings is 1. The van der Waals surface area contributed by atoms with Crippen molar-refractivity contribution in [3.63, 3.8) is 0 Å². The summed E-state index contributed by atoms with van der Waals surface area (Å²) >= 11 is 0. The van der Waals surface area contributed by atoms with Gasteiger partial charge < -0.3 is 5.11 Å². The van der Waals surface area contributed by atoms with E-state index in [0.29, 0.717) is 17.2 Å². The first-order chi connectivity index (χ1) is 13.3. The fraction of sp³-hybridized carbons (Fsp3) is 0.440. The minimum absolute atomic E-state index is 0. The number of phenolic OH excluding ortho intramolecular Hbond substituents is 1. The van der Waals surface area contributed by atoms with Crippen LogP contribution in [0.5, 0.6) is 5.75 Å². The molecular formula is C25H30BrNO. The van der Waals surface area contributed by atoms with Crippen LogP contribution in [-0.4, -0.2) is 29.1 Å². The molecule has 0 radical (unpaired) electrons. The van der Waals surface area contributed by atoms with E-state index in [1.54, 1.807) is 0 Å². The molecule has 2 fully saturated rings. The number of halogens is 1. The Hall–Kier alpha value is -1.58. The molecule has 2 nitrogen and oxygen atoms in total. The van der Waals surface area contributed by atoms with Gasteiger partial charge in [0.05, 0.1) is 0 Å². The number of likely N-dealkylation sites (tertiary alicyclic amines) is 1. The Morgan fingerprint density at radius 2 is 1.93 bits per heavy atom. The zero-order valence-electron chi connectivity index (χ0n) is 16.4. The second kappa shape index (κ2) is 8.04. The molecule has 0 unspecified atom stereocenters. The van der Waals surface area contributed by atoms with Gasteiger partial charge in [-0.2, -0.15) is 0 Å². The molecule has 0 amide bonds. The van der Waals surface area contributed by atoms with Gasteiger partial charge >= 0.3 is 0 Å². The molecule has 1 saturated carbocycles. The van der Waals surface area contributed by atoms with Crippen LogP contribution in [0.25, 0.3) is 6.08 Å². The largest absolute Gasteiger partial charge is 0.508 e. The van der Waals surface area contributed by atoms with Crippen molar-refractivity contribution < 1.29 is 5.11 Å². The molecule has 2 aromatic rings. The van der Waals surface area contributed by atoms with Crippen LogP contribution in [0.1, 0.15) is 48.8 Å². The van der Waals surface area contributed by atoms with Gasteiger partial charge in [-0.1, -0.05) is 61.4 Å². The summed E-state index contributed by atoms with van der Waals surface area (Å²) in [6, 6.07) is 17.4. The number of rotatable bonds is 3. The molecule has 2 bridgehead atoms. The van der Waals surface area contributed by atoms with Crippen LogP contribution in [0.15, 0.2) is 54.6 Å². The van der Waals surface area contributed by atoms with Crippen molar-refractivity contribution in [2.45, 2.75) is 50.0 Å². The zero-order valence-corrected chi connectivity index (χ0v) is 18.1. The molecule has 148 valence electrons. The van der Waals surface area contributed by atoms with Crippen molar-refractivity contribution in [2.24, 2.45) is 5.92 Å². The van der Waals surface area contributed by atoms with Gasteiger partial charge in [0.15, 0.2) is 0 Å². The van der Waals surface area contributed by atoms with Crippen molar-refractivity contribution in [2.75, 3.05) is 13.1 Å². The second-order valence-electron chi connectivity index (χ2n) is 8.68. The Kier molecular flexibility index (Phi) is 5.66. The molecule has 1 N–H and O–H groups in total. The predicted octanol–water partition coefficient (Wildman–Crippen LogP) is 5.74. The molecule has 3 atom stereocenters. The summed E-state index contributed by atoms with van der Waals surface area (Å²) in [5.41, 5.74) is 4.55. The Morgan fingerprint density at radius 3 is 2.79 bits per heavy atom. The maximum absolute atomic E-state index is 10.1. The lowest BCUT2D eigenvalue weighted by atomic mass is 9.52. The number of phenols is 1. The maximum Gasteiger partial charge on any atom is 0.115 e. The minimum atomic E-state index is 0. The van der Waals surface area contributed by atoms with E-state index in [1.165, 1.54) is 55.3 Å². The highest BCUT2D eigenvalue weighted by atomic mass is 79.9. The molecule has 0 spiro atoms. The smallest absolute Gasteiger partial charge is 0.115 e. The Labute approximate surface area is 179 Å². The third-order valence-electron chi connectivity index (χ3n) is 7.39. The highest BCUT2D eigenvalue weighted by Crippen LogP contribution is 2.56. The summed E-state index contributed by atoms with van der Waals surface area (Å²) in [7, 11) is 0. The van der Waals surface area contributed by atoms with Crippen LogP contribution in [0.2, 0.25) is 0 Å². The van der Waals surface area contributed by atoms with Crippen molar-refractivity contribution in [1.82, 2.24) is 4.90 Å². The summed E-state index contributed by atoms with van der Waals surface area (Å²) in [5.74, 6) is 1.19. The van der Waals surface area contributed by atoms with Crippen LogP contribution in [0.4, 0.5) is 0 Å². The van der Waals surface area contributed by atoms with Gasteiger partial charge in [-0.25, -0.2) is 0 Å². The molecule has 1 saturated heterocycles. The fourth-order valence-corrected chi connectivity index (χ4v) is 6.19. The van der Waals surface area contributed by atoms with E-state index in [9.17, 15) is 5.11 Å². The van der Waals surface area contributed by atoms with Crippen LogP contribution in [0, 0.1) is 5.92 Å². The molecule has 5 rings (SSSR count).